The second kappa shape index (κ2) is 8.81. The number of fused-ring (bicyclic) bond motifs is 1. The van der Waals surface area contributed by atoms with Crippen molar-refractivity contribution in [2.75, 3.05) is 14.2 Å². The largest absolute Gasteiger partial charge is 0.468 e. The van der Waals surface area contributed by atoms with Gasteiger partial charge in [-0.1, -0.05) is 56.2 Å². The lowest BCUT2D eigenvalue weighted by Gasteiger charge is -2.22. The van der Waals surface area contributed by atoms with E-state index in [1.54, 1.807) is 0 Å². The fourth-order valence-corrected chi connectivity index (χ4v) is 4.52. The third-order valence-electron chi connectivity index (χ3n) is 6.19. The highest BCUT2D eigenvalue weighted by molar-refractivity contribution is 6.02. The molecule has 0 bridgehead atoms. The highest BCUT2D eigenvalue weighted by atomic mass is 16.5. The molecule has 0 saturated heterocycles. The lowest BCUT2D eigenvalue weighted by atomic mass is 9.84. The predicted octanol–water partition coefficient (Wildman–Crippen LogP) is 4.83. The fourth-order valence-electron chi connectivity index (χ4n) is 4.52. The highest BCUT2D eigenvalue weighted by Crippen LogP contribution is 2.45. The van der Waals surface area contributed by atoms with Crippen LogP contribution in [0.1, 0.15) is 48.4 Å². The lowest BCUT2D eigenvalue weighted by Crippen LogP contribution is -2.42. The molecule has 0 atom stereocenters. The summed E-state index contributed by atoms with van der Waals surface area (Å²) in [5, 5.41) is 0. The Morgan fingerprint density at radius 2 is 1.59 bits per heavy atom. The number of rotatable bonds is 7. The number of hydrogen-bond acceptors (Lipinski definition) is 4. The number of ether oxygens (including phenoxy) is 2. The second-order valence-electron chi connectivity index (χ2n) is 7.91. The van der Waals surface area contributed by atoms with E-state index in [0.29, 0.717) is 12.8 Å². The molecule has 2 aromatic rings. The van der Waals surface area contributed by atoms with Crippen molar-refractivity contribution >= 4 is 11.9 Å². The normalized spacial score (nSPS) is 14.3. The third-order valence-corrected chi connectivity index (χ3v) is 6.19. The van der Waals surface area contributed by atoms with Crippen molar-refractivity contribution in [1.82, 2.24) is 0 Å². The number of esters is 2. The maximum Gasteiger partial charge on any atom is 0.323 e. The minimum atomic E-state index is -1.30. The summed E-state index contributed by atoms with van der Waals surface area (Å²) < 4.78 is 10.1. The highest BCUT2D eigenvalue weighted by Gasteiger charge is 2.53. The molecule has 2 aromatic carbocycles. The van der Waals surface area contributed by atoms with Crippen LogP contribution in [0.5, 0.6) is 0 Å². The number of hydrogen-bond donors (Lipinski definition) is 0. The second-order valence-corrected chi connectivity index (χ2v) is 7.91. The van der Waals surface area contributed by atoms with Crippen molar-refractivity contribution in [3.8, 4) is 11.1 Å². The molecule has 4 nitrogen and oxygen atoms in total. The van der Waals surface area contributed by atoms with Gasteiger partial charge >= 0.3 is 11.9 Å². The van der Waals surface area contributed by atoms with Crippen LogP contribution in [0.2, 0.25) is 0 Å². The molecule has 0 N–H and O–H groups in total. The van der Waals surface area contributed by atoms with Crippen LogP contribution in [0, 0.1) is 12.3 Å². The van der Waals surface area contributed by atoms with Gasteiger partial charge in [0.05, 0.1) is 14.2 Å². The van der Waals surface area contributed by atoms with Gasteiger partial charge in [0.1, 0.15) is 0 Å². The zero-order valence-corrected chi connectivity index (χ0v) is 17.8. The zero-order chi connectivity index (χ0) is 21.0. The maximum absolute atomic E-state index is 12.7. The molecule has 0 radical (unpaired) electrons. The monoisotopic (exact) mass is 394 g/mol. The summed E-state index contributed by atoms with van der Waals surface area (Å²) in [5.41, 5.74) is 5.53. The summed E-state index contributed by atoms with van der Waals surface area (Å²) >= 11 is 0. The van der Waals surface area contributed by atoms with E-state index in [2.05, 4.69) is 32.0 Å². The van der Waals surface area contributed by atoms with Gasteiger partial charge in [-0.15, -0.1) is 0 Å². The SMILES string of the molecule is CCCCCc1cc(-c2ccccc2)c2c(c1C)CC(C(=O)OC)(C(=O)OC)C2. The van der Waals surface area contributed by atoms with E-state index >= 15 is 0 Å². The Morgan fingerprint density at radius 3 is 2.17 bits per heavy atom. The molecular weight excluding hydrogens is 364 g/mol. The first kappa shape index (κ1) is 21.1. The minimum absolute atomic E-state index is 0.308. The van der Waals surface area contributed by atoms with Gasteiger partial charge in [0.15, 0.2) is 5.41 Å². The van der Waals surface area contributed by atoms with Crippen LogP contribution in [-0.4, -0.2) is 26.2 Å². The number of aryl methyl sites for hydroxylation is 1. The quantitative estimate of drug-likeness (QED) is 0.384. The van der Waals surface area contributed by atoms with Crippen LogP contribution in [0.4, 0.5) is 0 Å². The summed E-state index contributed by atoms with van der Waals surface area (Å²) in [4.78, 5) is 25.5. The van der Waals surface area contributed by atoms with Gasteiger partial charge in [-0.05, 0) is 53.1 Å². The summed E-state index contributed by atoms with van der Waals surface area (Å²) in [6, 6.07) is 12.4. The predicted molar refractivity (Wildman–Crippen MR) is 114 cm³/mol. The number of carbonyl (C=O) groups is 2. The molecule has 0 aliphatic heterocycles. The van der Waals surface area contributed by atoms with Crippen LogP contribution >= 0.6 is 0 Å². The van der Waals surface area contributed by atoms with Gasteiger partial charge in [-0.25, -0.2) is 0 Å². The molecule has 0 spiro atoms. The lowest BCUT2D eigenvalue weighted by molar-refractivity contribution is -0.168. The number of unbranched alkanes of at least 4 members (excludes halogenated alkanes) is 2. The Labute approximate surface area is 173 Å². The van der Waals surface area contributed by atoms with Gasteiger partial charge in [0, 0.05) is 12.8 Å². The molecular formula is C25H30O4. The summed E-state index contributed by atoms with van der Waals surface area (Å²) in [7, 11) is 2.66. The van der Waals surface area contributed by atoms with E-state index in [4.69, 9.17) is 9.47 Å². The van der Waals surface area contributed by atoms with E-state index in [0.717, 1.165) is 35.1 Å². The number of carbonyl (C=O) groups excluding carboxylic acids is 2. The molecule has 1 aliphatic carbocycles. The van der Waals surface area contributed by atoms with Gasteiger partial charge in [-0.3, -0.25) is 9.59 Å². The van der Waals surface area contributed by atoms with Crippen LogP contribution in [-0.2, 0) is 38.3 Å². The van der Waals surface area contributed by atoms with E-state index < -0.39 is 17.4 Å². The Balaban J connectivity index is 2.16. The molecule has 0 heterocycles. The molecule has 154 valence electrons. The van der Waals surface area contributed by atoms with Crippen LogP contribution in [0.3, 0.4) is 0 Å². The van der Waals surface area contributed by atoms with Crippen LogP contribution < -0.4 is 0 Å². The zero-order valence-electron chi connectivity index (χ0n) is 17.8. The van der Waals surface area contributed by atoms with Crippen molar-refractivity contribution in [2.45, 2.75) is 52.4 Å². The van der Waals surface area contributed by atoms with Gasteiger partial charge in [-0.2, -0.15) is 0 Å². The first-order chi connectivity index (χ1) is 14.0. The smallest absolute Gasteiger partial charge is 0.323 e. The maximum atomic E-state index is 12.7. The average molecular weight is 395 g/mol. The molecule has 4 heteroatoms. The van der Waals surface area contributed by atoms with Crippen molar-refractivity contribution in [2.24, 2.45) is 5.41 Å². The van der Waals surface area contributed by atoms with Crippen molar-refractivity contribution in [3.63, 3.8) is 0 Å². The Kier molecular flexibility index (Phi) is 6.41. The molecule has 0 saturated carbocycles. The van der Waals surface area contributed by atoms with E-state index in [1.165, 1.54) is 38.2 Å². The number of benzene rings is 2. The van der Waals surface area contributed by atoms with Crippen LogP contribution in [0.25, 0.3) is 11.1 Å². The Hall–Kier alpha value is -2.62. The molecule has 0 fully saturated rings. The van der Waals surface area contributed by atoms with E-state index in [9.17, 15) is 9.59 Å². The molecule has 3 rings (SSSR count). The summed E-state index contributed by atoms with van der Waals surface area (Å²) in [5.74, 6) is -1.04. The fraction of sp³-hybridized carbons (Fsp3) is 0.440. The van der Waals surface area contributed by atoms with Crippen molar-refractivity contribution in [1.29, 1.82) is 0 Å². The van der Waals surface area contributed by atoms with Crippen molar-refractivity contribution in [3.05, 3.63) is 58.7 Å². The molecule has 1 aliphatic rings. The van der Waals surface area contributed by atoms with Crippen molar-refractivity contribution < 1.29 is 19.1 Å². The molecule has 0 unspecified atom stereocenters. The standard InChI is InChI=1S/C25H30O4/c1-5-6-8-13-19-14-20(18-11-9-7-10-12-18)22-16-25(23(26)28-3,24(27)29-4)15-21(22)17(19)2/h7,9-12,14H,5-6,8,13,15-16H2,1-4H3. The summed E-state index contributed by atoms with van der Waals surface area (Å²) in [6.45, 7) is 4.31. The molecule has 0 aromatic heterocycles. The first-order valence-corrected chi connectivity index (χ1v) is 10.3. The van der Waals surface area contributed by atoms with Crippen LogP contribution in [0.15, 0.2) is 36.4 Å². The average Bonchev–Trinajstić information content (AvgIpc) is 3.17. The van der Waals surface area contributed by atoms with E-state index in [1.807, 2.05) is 18.2 Å². The third kappa shape index (κ3) is 3.81. The van der Waals surface area contributed by atoms with Gasteiger partial charge in [0.25, 0.3) is 0 Å². The van der Waals surface area contributed by atoms with Gasteiger partial charge in [0.2, 0.25) is 0 Å². The Bertz CT molecular complexity index is 883. The van der Waals surface area contributed by atoms with E-state index in [-0.39, 0.29) is 0 Å². The van der Waals surface area contributed by atoms with Gasteiger partial charge < -0.3 is 9.47 Å². The topological polar surface area (TPSA) is 52.6 Å². The first-order valence-electron chi connectivity index (χ1n) is 10.3. The molecule has 0 amide bonds. The minimum Gasteiger partial charge on any atom is -0.468 e. The number of methoxy groups -OCH3 is 2. The molecule has 29 heavy (non-hydrogen) atoms. The Morgan fingerprint density at radius 1 is 0.966 bits per heavy atom. The summed E-state index contributed by atoms with van der Waals surface area (Å²) in [6.07, 6.45) is 5.12.